The number of methoxy groups -OCH3 is 2. The number of benzene rings is 2. The van der Waals surface area contributed by atoms with Gasteiger partial charge in [-0.15, -0.1) is 0 Å². The Morgan fingerprint density at radius 3 is 2.24 bits per heavy atom. The van der Waals surface area contributed by atoms with Crippen LogP contribution in [0.15, 0.2) is 42.5 Å². The smallest absolute Gasteiger partial charge is 0.405 e. The van der Waals surface area contributed by atoms with Gasteiger partial charge < -0.3 is 20.1 Å². The Balaban J connectivity index is 1.95. The Bertz CT molecular complexity index is 847. The maximum absolute atomic E-state index is 12.2. The van der Waals surface area contributed by atoms with E-state index in [4.69, 9.17) is 9.47 Å². The third-order valence-corrected chi connectivity index (χ3v) is 3.91. The van der Waals surface area contributed by atoms with Gasteiger partial charge in [-0.3, -0.25) is 9.59 Å². The van der Waals surface area contributed by atoms with Crippen molar-refractivity contribution in [3.05, 3.63) is 53.6 Å². The lowest BCUT2D eigenvalue weighted by atomic mass is 10.1. The van der Waals surface area contributed by atoms with Crippen LogP contribution < -0.4 is 20.1 Å². The number of hydrogen-bond donors (Lipinski definition) is 2. The number of hydrogen-bond acceptors (Lipinski definition) is 4. The maximum atomic E-state index is 12.2. The molecular weight excluding hydrogens is 389 g/mol. The van der Waals surface area contributed by atoms with Gasteiger partial charge in [0, 0.05) is 23.7 Å². The number of carbonyl (C=O) groups excluding carboxylic acids is 2. The molecule has 2 aromatic rings. The summed E-state index contributed by atoms with van der Waals surface area (Å²) in [6, 6.07) is 11.0. The van der Waals surface area contributed by atoms with E-state index in [2.05, 4.69) is 5.32 Å². The minimum Gasteiger partial charge on any atom is -0.497 e. The van der Waals surface area contributed by atoms with E-state index in [1.807, 2.05) is 0 Å². The lowest BCUT2D eigenvalue weighted by molar-refractivity contribution is -0.123. The number of alkyl halides is 3. The second-order valence-corrected chi connectivity index (χ2v) is 6.15. The van der Waals surface area contributed by atoms with Crippen LogP contribution in [0.25, 0.3) is 0 Å². The molecule has 0 fully saturated rings. The first kappa shape index (κ1) is 22.1. The van der Waals surface area contributed by atoms with E-state index in [-0.39, 0.29) is 17.9 Å². The highest BCUT2D eigenvalue weighted by atomic mass is 19.4. The van der Waals surface area contributed by atoms with Crippen molar-refractivity contribution in [3.63, 3.8) is 0 Å². The molecule has 6 nitrogen and oxygen atoms in total. The fourth-order valence-electron chi connectivity index (χ4n) is 2.51. The number of halogens is 3. The molecule has 0 aliphatic heterocycles. The molecule has 0 aliphatic rings. The van der Waals surface area contributed by atoms with E-state index >= 15 is 0 Å². The van der Waals surface area contributed by atoms with Gasteiger partial charge in [-0.05, 0) is 42.3 Å². The van der Waals surface area contributed by atoms with Gasteiger partial charge in [0.15, 0.2) is 0 Å². The second kappa shape index (κ2) is 9.81. The molecular formula is C20H21F3N2O4. The molecule has 0 aliphatic carbocycles. The lowest BCUT2D eigenvalue weighted by Gasteiger charge is -2.10. The predicted molar refractivity (Wildman–Crippen MR) is 101 cm³/mol. The van der Waals surface area contributed by atoms with Crippen LogP contribution in [0.4, 0.5) is 18.9 Å². The van der Waals surface area contributed by atoms with Crippen LogP contribution in [0, 0.1) is 0 Å². The van der Waals surface area contributed by atoms with Crippen LogP contribution in [0.3, 0.4) is 0 Å². The van der Waals surface area contributed by atoms with Crippen LogP contribution in [-0.2, 0) is 11.2 Å². The minimum atomic E-state index is -4.50. The molecule has 0 saturated carbocycles. The zero-order valence-electron chi connectivity index (χ0n) is 15.9. The molecule has 0 bridgehead atoms. The Hall–Kier alpha value is -3.23. The number of anilines is 1. The van der Waals surface area contributed by atoms with E-state index in [1.54, 1.807) is 29.6 Å². The Morgan fingerprint density at radius 2 is 1.66 bits per heavy atom. The van der Waals surface area contributed by atoms with Crippen molar-refractivity contribution < 1.29 is 32.2 Å². The first-order valence-electron chi connectivity index (χ1n) is 8.67. The molecule has 0 heterocycles. The van der Waals surface area contributed by atoms with Crippen molar-refractivity contribution in [1.29, 1.82) is 0 Å². The molecule has 0 spiro atoms. The Morgan fingerprint density at radius 1 is 1.00 bits per heavy atom. The van der Waals surface area contributed by atoms with E-state index < -0.39 is 18.6 Å². The summed E-state index contributed by atoms with van der Waals surface area (Å²) >= 11 is 0. The fraction of sp³-hybridized carbons (Fsp3) is 0.300. The van der Waals surface area contributed by atoms with Gasteiger partial charge in [0.25, 0.3) is 5.91 Å². The summed E-state index contributed by atoms with van der Waals surface area (Å²) in [5, 5.41) is 4.42. The molecule has 156 valence electrons. The van der Waals surface area contributed by atoms with Crippen molar-refractivity contribution in [2.45, 2.75) is 19.0 Å². The maximum Gasteiger partial charge on any atom is 0.405 e. The highest BCUT2D eigenvalue weighted by Crippen LogP contribution is 2.23. The van der Waals surface area contributed by atoms with Gasteiger partial charge in [-0.2, -0.15) is 13.2 Å². The van der Waals surface area contributed by atoms with Gasteiger partial charge in [0.1, 0.15) is 18.0 Å². The molecule has 2 rings (SSSR count). The SMILES string of the molecule is COc1cc(CCC(=O)Nc2cccc(C(=O)NCC(F)(F)F)c2)cc(OC)c1. The van der Waals surface area contributed by atoms with Gasteiger partial charge in [0.2, 0.25) is 5.91 Å². The molecule has 2 aromatic carbocycles. The number of aryl methyl sites for hydroxylation is 1. The highest BCUT2D eigenvalue weighted by Gasteiger charge is 2.27. The third kappa shape index (κ3) is 7.36. The second-order valence-electron chi connectivity index (χ2n) is 6.15. The molecule has 0 unspecified atom stereocenters. The fourth-order valence-corrected chi connectivity index (χ4v) is 2.51. The summed E-state index contributed by atoms with van der Waals surface area (Å²) in [6.45, 7) is -1.42. The van der Waals surface area contributed by atoms with E-state index in [1.165, 1.54) is 32.4 Å². The van der Waals surface area contributed by atoms with E-state index in [9.17, 15) is 22.8 Å². The number of ether oxygens (including phenoxy) is 2. The van der Waals surface area contributed by atoms with Crippen molar-refractivity contribution in [2.24, 2.45) is 0 Å². The normalized spacial score (nSPS) is 10.9. The highest BCUT2D eigenvalue weighted by molar-refractivity contribution is 5.97. The molecule has 0 radical (unpaired) electrons. The summed E-state index contributed by atoms with van der Waals surface area (Å²) in [5.74, 6) is 0.0381. The molecule has 9 heteroatoms. The molecule has 0 atom stereocenters. The topological polar surface area (TPSA) is 76.7 Å². The monoisotopic (exact) mass is 410 g/mol. The van der Waals surface area contributed by atoms with Crippen LogP contribution >= 0.6 is 0 Å². The summed E-state index contributed by atoms with van der Waals surface area (Å²) in [6.07, 6.45) is -3.92. The minimum absolute atomic E-state index is 0.0181. The molecule has 2 N–H and O–H groups in total. The quantitative estimate of drug-likeness (QED) is 0.698. The van der Waals surface area contributed by atoms with Crippen LogP contribution in [0.1, 0.15) is 22.3 Å². The predicted octanol–water partition coefficient (Wildman–Crippen LogP) is 3.57. The number of amides is 2. The number of rotatable bonds is 8. The zero-order valence-corrected chi connectivity index (χ0v) is 15.9. The van der Waals surface area contributed by atoms with Crippen molar-refractivity contribution in [1.82, 2.24) is 5.32 Å². The Labute approximate surface area is 166 Å². The van der Waals surface area contributed by atoms with Crippen LogP contribution in [0.5, 0.6) is 11.5 Å². The van der Waals surface area contributed by atoms with Crippen LogP contribution in [0.2, 0.25) is 0 Å². The average Bonchev–Trinajstić information content (AvgIpc) is 2.69. The van der Waals surface area contributed by atoms with Gasteiger partial charge in [-0.25, -0.2) is 0 Å². The number of carbonyl (C=O) groups is 2. The molecule has 0 saturated heterocycles. The van der Waals surface area contributed by atoms with E-state index in [0.717, 1.165) is 5.56 Å². The third-order valence-electron chi connectivity index (χ3n) is 3.91. The first-order valence-corrected chi connectivity index (χ1v) is 8.67. The first-order chi connectivity index (χ1) is 13.7. The Kier molecular flexibility index (Phi) is 7.46. The van der Waals surface area contributed by atoms with Gasteiger partial charge in [-0.1, -0.05) is 6.07 Å². The van der Waals surface area contributed by atoms with Crippen molar-refractivity contribution in [3.8, 4) is 11.5 Å². The lowest BCUT2D eigenvalue weighted by Crippen LogP contribution is -2.33. The molecule has 29 heavy (non-hydrogen) atoms. The summed E-state index contributed by atoms with van der Waals surface area (Å²) in [5.41, 5.74) is 1.18. The number of nitrogens with one attached hydrogen (secondary N) is 2. The summed E-state index contributed by atoms with van der Waals surface area (Å²) in [4.78, 5) is 24.0. The average molecular weight is 410 g/mol. The van der Waals surface area contributed by atoms with E-state index in [0.29, 0.717) is 23.6 Å². The van der Waals surface area contributed by atoms with Gasteiger partial charge in [0.05, 0.1) is 14.2 Å². The van der Waals surface area contributed by atoms with Crippen LogP contribution in [-0.4, -0.2) is 38.8 Å². The van der Waals surface area contributed by atoms with Gasteiger partial charge >= 0.3 is 6.18 Å². The van der Waals surface area contributed by atoms with Crippen molar-refractivity contribution in [2.75, 3.05) is 26.1 Å². The summed E-state index contributed by atoms with van der Waals surface area (Å²) < 4.78 is 47.0. The van der Waals surface area contributed by atoms with Crippen molar-refractivity contribution >= 4 is 17.5 Å². The largest absolute Gasteiger partial charge is 0.497 e. The standard InChI is InChI=1S/C20H21F3N2O4/c1-28-16-8-13(9-17(11-16)29-2)6-7-18(26)25-15-5-3-4-14(10-15)19(27)24-12-20(21,22)23/h3-5,8-11H,6-7,12H2,1-2H3,(H,24,27)(H,25,26). The molecule has 2 amide bonds. The molecule has 0 aromatic heterocycles. The summed E-state index contributed by atoms with van der Waals surface area (Å²) in [7, 11) is 3.06. The zero-order chi connectivity index (χ0) is 21.4.